The Balaban J connectivity index is 1.68. The van der Waals surface area contributed by atoms with Crippen molar-refractivity contribution in [3.8, 4) is 27.8 Å². The van der Waals surface area contributed by atoms with Crippen molar-refractivity contribution in [3.05, 3.63) is 68.9 Å². The molecule has 0 radical (unpaired) electrons. The van der Waals surface area contributed by atoms with Crippen molar-refractivity contribution < 1.29 is 14.2 Å². The fourth-order valence-corrected chi connectivity index (χ4v) is 5.07. The van der Waals surface area contributed by atoms with Gasteiger partial charge in [0, 0.05) is 5.56 Å². The van der Waals surface area contributed by atoms with Gasteiger partial charge in [-0.2, -0.15) is 0 Å². The van der Waals surface area contributed by atoms with Gasteiger partial charge in [0.1, 0.15) is 18.1 Å². The fraction of sp³-hybridized carbons (Fsp3) is 0.400. The molecule has 3 rings (SSSR count). The molecule has 0 saturated heterocycles. The van der Waals surface area contributed by atoms with Crippen LogP contribution < -0.4 is 19.6 Å². The zero-order chi connectivity index (χ0) is 26.2. The molecule has 0 N–H and O–H groups in total. The lowest BCUT2D eigenvalue weighted by Gasteiger charge is -2.16. The first-order valence-electron chi connectivity index (χ1n) is 12.3. The van der Waals surface area contributed by atoms with E-state index in [1.54, 1.807) is 6.92 Å². The Bertz CT molecular complexity index is 1330. The number of fused-ring (bicyclic) bond motifs is 2. The molecule has 0 fully saturated rings. The lowest BCUT2D eigenvalue weighted by Crippen LogP contribution is -2.13. The molecule has 1 aromatic rings. The molecule has 0 saturated carbocycles. The quantitative estimate of drug-likeness (QED) is 0.195. The van der Waals surface area contributed by atoms with Crippen molar-refractivity contribution in [2.75, 3.05) is 20.8 Å². The van der Waals surface area contributed by atoms with Crippen LogP contribution in [0.5, 0.6) is 17.2 Å². The van der Waals surface area contributed by atoms with Crippen molar-refractivity contribution in [3.63, 3.8) is 0 Å². The van der Waals surface area contributed by atoms with Gasteiger partial charge in [-0.05, 0) is 84.6 Å². The second kappa shape index (κ2) is 12.7. The van der Waals surface area contributed by atoms with Crippen LogP contribution in [0, 0.1) is 6.92 Å². The van der Waals surface area contributed by atoms with Gasteiger partial charge in [0.05, 0.1) is 29.3 Å². The average molecular weight is 508 g/mol. The summed E-state index contributed by atoms with van der Waals surface area (Å²) in [6.45, 7) is 11.0. The van der Waals surface area contributed by atoms with Gasteiger partial charge < -0.3 is 14.2 Å². The van der Waals surface area contributed by atoms with E-state index in [1.807, 2.05) is 18.2 Å². The Morgan fingerprint density at radius 3 is 2.28 bits per heavy atom. The molecule has 1 aliphatic carbocycles. The summed E-state index contributed by atoms with van der Waals surface area (Å²) < 4.78 is 17.7. The molecule has 0 bridgehead atoms. The predicted molar refractivity (Wildman–Crippen MR) is 151 cm³/mol. The Hall–Kier alpha value is -3.12. The van der Waals surface area contributed by atoms with Crippen molar-refractivity contribution in [2.24, 2.45) is 0 Å². The maximum absolute atomic E-state index is 12.7. The van der Waals surface area contributed by atoms with Gasteiger partial charge in [0.25, 0.3) is 0 Å². The summed E-state index contributed by atoms with van der Waals surface area (Å²) in [6, 6.07) is 5.84. The van der Waals surface area contributed by atoms with Gasteiger partial charge in [0.2, 0.25) is 11.2 Å². The van der Waals surface area contributed by atoms with Crippen LogP contribution >= 0.6 is 11.3 Å². The predicted octanol–water partition coefficient (Wildman–Crippen LogP) is 7.88. The van der Waals surface area contributed by atoms with Gasteiger partial charge in [-0.15, -0.1) is 11.3 Å². The van der Waals surface area contributed by atoms with E-state index in [4.69, 9.17) is 19.2 Å². The Labute approximate surface area is 218 Å². The monoisotopic (exact) mass is 507 g/mol. The van der Waals surface area contributed by atoms with E-state index in [0.717, 1.165) is 46.5 Å². The van der Waals surface area contributed by atoms with Gasteiger partial charge in [0.15, 0.2) is 5.75 Å². The number of aromatic nitrogens is 1. The molecule has 1 aliphatic heterocycles. The van der Waals surface area contributed by atoms with E-state index in [2.05, 4.69) is 45.9 Å². The normalized spacial score (nSPS) is 12.2. The molecule has 2 aliphatic rings. The lowest BCUT2D eigenvalue weighted by atomic mass is 10.1. The van der Waals surface area contributed by atoms with Crippen LogP contribution in [-0.2, 0) is 0 Å². The van der Waals surface area contributed by atoms with Crippen LogP contribution in [0.15, 0.2) is 57.9 Å². The molecule has 0 spiro atoms. The van der Waals surface area contributed by atoms with Gasteiger partial charge in [-0.25, -0.2) is 4.98 Å². The molecule has 1 aromatic carbocycles. The number of hydrogen-bond acceptors (Lipinski definition) is 6. The van der Waals surface area contributed by atoms with E-state index in [-0.39, 0.29) is 11.2 Å². The first kappa shape index (κ1) is 27.5. The highest BCUT2D eigenvalue weighted by molar-refractivity contribution is 7.21. The van der Waals surface area contributed by atoms with Crippen LogP contribution in [0.4, 0.5) is 0 Å². The summed E-state index contributed by atoms with van der Waals surface area (Å²) in [5.41, 5.74) is 6.03. The molecule has 0 atom stereocenters. The number of hydrogen-bond donors (Lipinski definition) is 0. The van der Waals surface area contributed by atoms with Crippen molar-refractivity contribution in [2.45, 2.75) is 60.3 Å². The minimum absolute atomic E-state index is 0.176. The molecule has 1 heterocycles. The minimum Gasteiger partial charge on any atom is -0.491 e. The molecule has 192 valence electrons. The Kier molecular flexibility index (Phi) is 9.71. The molecular weight excluding hydrogens is 470 g/mol. The maximum Gasteiger partial charge on any atom is 0.228 e. The number of methoxy groups -OCH3 is 2. The third-order valence-electron chi connectivity index (χ3n) is 6.11. The summed E-state index contributed by atoms with van der Waals surface area (Å²) in [5.74, 6) is 1.35. The van der Waals surface area contributed by atoms with E-state index in [1.165, 1.54) is 42.3 Å². The van der Waals surface area contributed by atoms with Gasteiger partial charge >= 0.3 is 0 Å². The molecule has 36 heavy (non-hydrogen) atoms. The number of nitrogens with zero attached hydrogens (tertiary/aromatic N) is 1. The minimum atomic E-state index is -0.176. The Morgan fingerprint density at radius 1 is 0.944 bits per heavy atom. The van der Waals surface area contributed by atoms with E-state index in [9.17, 15) is 4.79 Å². The van der Waals surface area contributed by atoms with E-state index >= 15 is 0 Å². The lowest BCUT2D eigenvalue weighted by molar-refractivity contribution is 0.352. The highest BCUT2D eigenvalue weighted by atomic mass is 32.1. The standard InChI is InChI=1S/C30H37NO4S/c1-19(2)10-8-11-20(3)12-9-13-21(4)16-17-35-23-14-15-24-25(18-23)36-30-22(5)27(32)29(34-7)28(33-6)26(30)31-24/h10,12,14-16,18H,8-9,11,13,17H2,1-7H3/b20-12+,21-16+. The topological polar surface area (TPSA) is 57.7 Å². The highest BCUT2D eigenvalue weighted by Gasteiger charge is 2.24. The summed E-state index contributed by atoms with van der Waals surface area (Å²) in [6.07, 6.45) is 11.1. The van der Waals surface area contributed by atoms with Crippen molar-refractivity contribution in [1.29, 1.82) is 0 Å². The van der Waals surface area contributed by atoms with E-state index < -0.39 is 0 Å². The van der Waals surface area contributed by atoms with Crippen LogP contribution in [0.25, 0.3) is 20.8 Å². The average Bonchev–Trinajstić information content (AvgIpc) is 2.85. The summed E-state index contributed by atoms with van der Waals surface area (Å²) in [4.78, 5) is 18.3. The SMILES string of the molecule is COc1c2nc3ccc(OC/C=C(\C)CC/C=C(\C)CCC=C(C)C)cc3sc-2c(C)c(=O)c1OC. The van der Waals surface area contributed by atoms with Crippen LogP contribution in [-0.4, -0.2) is 25.8 Å². The smallest absolute Gasteiger partial charge is 0.228 e. The summed E-state index contributed by atoms with van der Waals surface area (Å²) in [7, 11) is 3.00. The fourth-order valence-electron chi connectivity index (χ4n) is 3.97. The van der Waals surface area contributed by atoms with Crippen LogP contribution in [0.3, 0.4) is 0 Å². The number of ether oxygens (including phenoxy) is 3. The van der Waals surface area contributed by atoms with E-state index in [0.29, 0.717) is 23.6 Å². The van der Waals surface area contributed by atoms with Crippen LogP contribution in [0.1, 0.15) is 58.9 Å². The second-order valence-electron chi connectivity index (χ2n) is 9.31. The summed E-state index contributed by atoms with van der Waals surface area (Å²) in [5, 5.41) is 0. The van der Waals surface area contributed by atoms with Crippen molar-refractivity contribution >= 4 is 21.6 Å². The molecule has 0 unspecified atom stereocenters. The maximum atomic E-state index is 12.7. The first-order chi connectivity index (χ1) is 17.2. The second-order valence-corrected chi connectivity index (χ2v) is 10.4. The zero-order valence-electron chi connectivity index (χ0n) is 22.5. The van der Waals surface area contributed by atoms with Gasteiger partial charge in [-0.3, -0.25) is 4.79 Å². The third kappa shape index (κ3) is 6.76. The van der Waals surface area contributed by atoms with Crippen LogP contribution in [0.2, 0.25) is 0 Å². The largest absolute Gasteiger partial charge is 0.491 e. The first-order valence-corrected chi connectivity index (χ1v) is 13.1. The molecule has 5 nitrogen and oxygen atoms in total. The number of allylic oxidation sites excluding steroid dienone is 5. The number of benzene rings is 2. The third-order valence-corrected chi connectivity index (χ3v) is 7.36. The molecule has 0 amide bonds. The molecule has 0 aromatic heterocycles. The van der Waals surface area contributed by atoms with Gasteiger partial charge in [-0.1, -0.05) is 28.9 Å². The highest BCUT2D eigenvalue weighted by Crippen LogP contribution is 2.42. The van der Waals surface area contributed by atoms with Crippen molar-refractivity contribution in [1.82, 2.24) is 4.98 Å². The molecule has 6 heteroatoms. The zero-order valence-corrected chi connectivity index (χ0v) is 23.3. The number of rotatable bonds is 11. The Morgan fingerprint density at radius 2 is 1.61 bits per heavy atom. The summed E-state index contributed by atoms with van der Waals surface area (Å²) >= 11 is 1.51. The molecular formula is C30H37NO4S.